The molecule has 1 aromatic carbocycles. The van der Waals surface area contributed by atoms with Gasteiger partial charge in [0.2, 0.25) is 5.95 Å². The van der Waals surface area contributed by atoms with Crippen LogP contribution in [-0.2, 0) is 24.2 Å². The lowest BCUT2D eigenvalue weighted by molar-refractivity contribution is -0.136. The van der Waals surface area contributed by atoms with E-state index in [1.54, 1.807) is 12.1 Å². The van der Waals surface area contributed by atoms with Crippen LogP contribution in [0, 0.1) is 0 Å². The van der Waals surface area contributed by atoms with E-state index >= 15 is 0 Å². The summed E-state index contributed by atoms with van der Waals surface area (Å²) in [4.78, 5) is 19.5. The molecule has 2 aromatic rings. The number of benzene rings is 1. The average molecular weight is 284 g/mol. The number of carbonyl (C=O) groups is 1. The van der Waals surface area contributed by atoms with Gasteiger partial charge in [-0.15, -0.1) is 0 Å². The van der Waals surface area contributed by atoms with E-state index in [0.717, 1.165) is 36.5 Å². The first kappa shape index (κ1) is 13.5. The van der Waals surface area contributed by atoms with Gasteiger partial charge < -0.3 is 15.7 Å². The Bertz CT molecular complexity index is 655. The quantitative estimate of drug-likeness (QED) is 0.788. The molecule has 2 heterocycles. The zero-order valence-electron chi connectivity index (χ0n) is 11.5. The Labute approximate surface area is 122 Å². The van der Waals surface area contributed by atoms with Crippen LogP contribution < -0.4 is 10.6 Å². The van der Waals surface area contributed by atoms with Crippen LogP contribution in [0.2, 0.25) is 0 Å². The normalized spacial score (nSPS) is 13.5. The molecular weight excluding hydrogens is 268 g/mol. The number of carboxylic acids is 1. The summed E-state index contributed by atoms with van der Waals surface area (Å²) in [7, 11) is 0. The minimum Gasteiger partial charge on any atom is -0.481 e. The summed E-state index contributed by atoms with van der Waals surface area (Å²) in [5.41, 5.74) is 3.83. The highest BCUT2D eigenvalue weighted by atomic mass is 16.4. The molecule has 1 aliphatic rings. The fraction of sp³-hybridized carbons (Fsp3) is 0.267. The molecule has 0 saturated carbocycles. The van der Waals surface area contributed by atoms with E-state index in [1.165, 1.54) is 5.56 Å². The summed E-state index contributed by atoms with van der Waals surface area (Å²) in [5.74, 6) is -0.273. The van der Waals surface area contributed by atoms with Crippen molar-refractivity contribution in [2.45, 2.75) is 19.4 Å². The van der Waals surface area contributed by atoms with Gasteiger partial charge >= 0.3 is 5.97 Å². The third-order valence-corrected chi connectivity index (χ3v) is 3.38. The number of hydrogen-bond donors (Lipinski definition) is 3. The minimum absolute atomic E-state index is 0.0291. The number of aliphatic carboxylic acids is 1. The van der Waals surface area contributed by atoms with Crippen molar-refractivity contribution >= 4 is 17.6 Å². The second-order valence-electron chi connectivity index (χ2n) is 4.98. The zero-order valence-corrected chi connectivity index (χ0v) is 11.5. The SMILES string of the molecule is O=C(O)Cc1ccc(Nc2ncc3c(n2)CNCC3)cc1. The highest BCUT2D eigenvalue weighted by Gasteiger charge is 2.11. The van der Waals surface area contributed by atoms with Gasteiger partial charge in [0.25, 0.3) is 0 Å². The van der Waals surface area contributed by atoms with Crippen LogP contribution in [-0.4, -0.2) is 27.6 Å². The van der Waals surface area contributed by atoms with Gasteiger partial charge in [-0.2, -0.15) is 0 Å². The number of anilines is 2. The van der Waals surface area contributed by atoms with Crippen molar-refractivity contribution < 1.29 is 9.90 Å². The van der Waals surface area contributed by atoms with Gasteiger partial charge in [-0.25, -0.2) is 9.97 Å². The number of hydrogen-bond acceptors (Lipinski definition) is 5. The predicted molar refractivity (Wildman–Crippen MR) is 78.5 cm³/mol. The highest BCUT2D eigenvalue weighted by molar-refractivity contribution is 5.70. The molecule has 6 nitrogen and oxygen atoms in total. The second-order valence-corrected chi connectivity index (χ2v) is 4.98. The topological polar surface area (TPSA) is 87.1 Å². The molecule has 0 spiro atoms. The maximum atomic E-state index is 10.6. The molecule has 0 atom stereocenters. The van der Waals surface area contributed by atoms with Crippen LogP contribution in [0.1, 0.15) is 16.8 Å². The molecule has 108 valence electrons. The summed E-state index contributed by atoms with van der Waals surface area (Å²) < 4.78 is 0. The Hall–Kier alpha value is -2.47. The maximum Gasteiger partial charge on any atom is 0.307 e. The van der Waals surface area contributed by atoms with Gasteiger partial charge in [-0.05, 0) is 36.2 Å². The van der Waals surface area contributed by atoms with E-state index < -0.39 is 5.97 Å². The molecule has 3 N–H and O–H groups in total. The van der Waals surface area contributed by atoms with Crippen LogP contribution >= 0.6 is 0 Å². The third-order valence-electron chi connectivity index (χ3n) is 3.38. The fourth-order valence-electron chi connectivity index (χ4n) is 2.30. The first-order chi connectivity index (χ1) is 10.2. The Balaban J connectivity index is 1.72. The number of nitrogens with zero attached hydrogens (tertiary/aromatic N) is 2. The average Bonchev–Trinajstić information content (AvgIpc) is 2.49. The van der Waals surface area contributed by atoms with E-state index in [0.29, 0.717) is 5.95 Å². The largest absolute Gasteiger partial charge is 0.481 e. The molecule has 3 rings (SSSR count). The molecule has 0 saturated heterocycles. The minimum atomic E-state index is -0.832. The van der Waals surface area contributed by atoms with Crippen LogP contribution in [0.25, 0.3) is 0 Å². The summed E-state index contributed by atoms with van der Waals surface area (Å²) in [5, 5.41) is 15.2. The molecule has 0 fully saturated rings. The standard InChI is InChI=1S/C15H16N4O2/c20-14(21)7-10-1-3-12(4-2-10)18-15-17-8-11-5-6-16-9-13(11)19-15/h1-4,8,16H,5-7,9H2,(H,20,21)(H,17,18,19). The van der Waals surface area contributed by atoms with Crippen molar-refractivity contribution in [3.8, 4) is 0 Å². The summed E-state index contributed by atoms with van der Waals surface area (Å²) >= 11 is 0. The number of fused-ring (bicyclic) bond motifs is 1. The lowest BCUT2D eigenvalue weighted by atomic mass is 10.1. The number of carboxylic acid groups (broad SMARTS) is 1. The van der Waals surface area contributed by atoms with Crippen LogP contribution in [0.3, 0.4) is 0 Å². The molecule has 1 aromatic heterocycles. The van der Waals surface area contributed by atoms with Crippen molar-refractivity contribution in [3.63, 3.8) is 0 Å². The predicted octanol–water partition coefficient (Wildman–Crippen LogP) is 1.49. The van der Waals surface area contributed by atoms with E-state index in [4.69, 9.17) is 5.11 Å². The Morgan fingerprint density at radius 2 is 2.14 bits per heavy atom. The lowest BCUT2D eigenvalue weighted by Crippen LogP contribution is -2.25. The molecule has 0 radical (unpaired) electrons. The molecular formula is C15H16N4O2. The third kappa shape index (κ3) is 3.35. The monoisotopic (exact) mass is 284 g/mol. The number of nitrogens with one attached hydrogen (secondary N) is 2. The van der Waals surface area contributed by atoms with E-state index in [2.05, 4.69) is 20.6 Å². The van der Waals surface area contributed by atoms with E-state index in [9.17, 15) is 4.79 Å². The van der Waals surface area contributed by atoms with Gasteiger partial charge in [0.05, 0.1) is 12.1 Å². The van der Waals surface area contributed by atoms with E-state index in [-0.39, 0.29) is 6.42 Å². The lowest BCUT2D eigenvalue weighted by Gasteiger charge is -2.16. The van der Waals surface area contributed by atoms with Crippen LogP contribution in [0.5, 0.6) is 0 Å². The first-order valence-corrected chi connectivity index (χ1v) is 6.84. The maximum absolute atomic E-state index is 10.6. The molecule has 0 aliphatic carbocycles. The van der Waals surface area contributed by atoms with E-state index in [1.807, 2.05) is 18.3 Å². The second kappa shape index (κ2) is 5.88. The van der Waals surface area contributed by atoms with Gasteiger partial charge in [0.1, 0.15) is 0 Å². The van der Waals surface area contributed by atoms with Crippen molar-refractivity contribution in [2.75, 3.05) is 11.9 Å². The zero-order chi connectivity index (χ0) is 14.7. The van der Waals surface area contributed by atoms with Gasteiger partial charge in [-0.1, -0.05) is 12.1 Å². The van der Waals surface area contributed by atoms with Gasteiger partial charge in [-0.3, -0.25) is 4.79 Å². The molecule has 21 heavy (non-hydrogen) atoms. The number of rotatable bonds is 4. The van der Waals surface area contributed by atoms with Gasteiger partial charge in [0, 0.05) is 18.4 Å². The summed E-state index contributed by atoms with van der Waals surface area (Å²) in [6.07, 6.45) is 2.85. The molecule has 6 heteroatoms. The molecule has 0 amide bonds. The fourth-order valence-corrected chi connectivity index (χ4v) is 2.30. The Morgan fingerprint density at radius 3 is 2.90 bits per heavy atom. The van der Waals surface area contributed by atoms with Crippen molar-refractivity contribution in [1.29, 1.82) is 0 Å². The van der Waals surface area contributed by atoms with Crippen molar-refractivity contribution in [3.05, 3.63) is 47.3 Å². The summed E-state index contributed by atoms with van der Waals surface area (Å²) in [6.45, 7) is 1.73. The first-order valence-electron chi connectivity index (χ1n) is 6.84. The molecule has 0 bridgehead atoms. The Morgan fingerprint density at radius 1 is 1.33 bits per heavy atom. The van der Waals surface area contributed by atoms with Crippen LogP contribution in [0.15, 0.2) is 30.5 Å². The van der Waals surface area contributed by atoms with Crippen LogP contribution in [0.4, 0.5) is 11.6 Å². The molecule has 0 unspecified atom stereocenters. The smallest absolute Gasteiger partial charge is 0.307 e. The van der Waals surface area contributed by atoms with Crippen molar-refractivity contribution in [2.24, 2.45) is 0 Å². The van der Waals surface area contributed by atoms with Crippen molar-refractivity contribution in [1.82, 2.24) is 15.3 Å². The highest BCUT2D eigenvalue weighted by Crippen LogP contribution is 2.17. The number of aromatic nitrogens is 2. The summed E-state index contributed by atoms with van der Waals surface area (Å²) in [6, 6.07) is 7.24. The Kier molecular flexibility index (Phi) is 3.79. The molecule has 1 aliphatic heterocycles. The van der Waals surface area contributed by atoms with Gasteiger partial charge in [0.15, 0.2) is 0 Å².